The summed E-state index contributed by atoms with van der Waals surface area (Å²) in [5.41, 5.74) is 6.77. The van der Waals surface area contributed by atoms with Gasteiger partial charge in [0.05, 0.1) is 12.4 Å². The van der Waals surface area contributed by atoms with Gasteiger partial charge < -0.3 is 15.3 Å². The van der Waals surface area contributed by atoms with Gasteiger partial charge in [-0.05, 0) is 31.4 Å². The summed E-state index contributed by atoms with van der Waals surface area (Å²) in [7, 11) is 0. The number of hydrogen-bond acceptors (Lipinski definition) is 3. The molecule has 2 rings (SSSR count). The van der Waals surface area contributed by atoms with Gasteiger partial charge in [0, 0.05) is 12.0 Å². The van der Waals surface area contributed by atoms with Crippen LogP contribution in [-0.2, 0) is 5.41 Å². The van der Waals surface area contributed by atoms with Gasteiger partial charge in [0.25, 0.3) is 0 Å². The Morgan fingerprint density at radius 1 is 1.69 bits per heavy atom. The molecule has 1 aliphatic rings. The van der Waals surface area contributed by atoms with Crippen LogP contribution in [0.4, 0.5) is 0 Å². The number of furan rings is 1. The Bertz CT molecular complexity index is 300. The molecule has 0 saturated heterocycles. The molecule has 0 bridgehead atoms. The molecule has 0 aliphatic heterocycles. The van der Waals surface area contributed by atoms with E-state index in [4.69, 9.17) is 10.2 Å². The fraction of sp³-hybridized carbons (Fsp3) is 0.600. The van der Waals surface area contributed by atoms with Crippen LogP contribution in [0.25, 0.3) is 0 Å². The summed E-state index contributed by atoms with van der Waals surface area (Å²) in [5, 5.41) is 9.31. The minimum absolute atomic E-state index is 0.0903. The van der Waals surface area contributed by atoms with Gasteiger partial charge in [-0.1, -0.05) is 0 Å². The molecule has 3 nitrogen and oxygen atoms in total. The molecular weight excluding hydrogens is 166 g/mol. The predicted molar refractivity (Wildman–Crippen MR) is 49.4 cm³/mol. The van der Waals surface area contributed by atoms with Gasteiger partial charge in [-0.2, -0.15) is 0 Å². The van der Waals surface area contributed by atoms with Crippen molar-refractivity contribution in [3.8, 4) is 0 Å². The molecule has 1 aromatic heterocycles. The van der Waals surface area contributed by atoms with Gasteiger partial charge in [0.2, 0.25) is 0 Å². The van der Waals surface area contributed by atoms with Crippen LogP contribution < -0.4 is 5.73 Å². The molecule has 0 atom stereocenters. The zero-order valence-corrected chi connectivity index (χ0v) is 7.79. The van der Waals surface area contributed by atoms with E-state index in [0.717, 1.165) is 24.2 Å². The molecule has 1 heterocycles. The predicted octanol–water partition coefficient (Wildman–Crippen LogP) is 0.939. The molecule has 0 aromatic carbocycles. The first-order chi connectivity index (χ1) is 6.18. The molecule has 3 heteroatoms. The molecular formula is C10H15NO2. The minimum Gasteiger partial charge on any atom is -0.468 e. The Morgan fingerprint density at radius 2 is 2.38 bits per heavy atom. The molecule has 13 heavy (non-hydrogen) atoms. The van der Waals surface area contributed by atoms with Gasteiger partial charge in [-0.15, -0.1) is 0 Å². The largest absolute Gasteiger partial charge is 0.468 e. The Balaban J connectivity index is 2.28. The highest BCUT2D eigenvalue weighted by atomic mass is 16.3. The lowest BCUT2D eigenvalue weighted by Gasteiger charge is -2.43. The molecule has 0 unspecified atom stereocenters. The summed E-state index contributed by atoms with van der Waals surface area (Å²) in [6.07, 6.45) is 2.95. The number of aryl methyl sites for hydroxylation is 1. The van der Waals surface area contributed by atoms with Crippen molar-refractivity contribution >= 4 is 0 Å². The van der Waals surface area contributed by atoms with Crippen LogP contribution in [0.3, 0.4) is 0 Å². The Labute approximate surface area is 77.5 Å². The Kier molecular flexibility index (Phi) is 1.93. The van der Waals surface area contributed by atoms with Crippen molar-refractivity contribution in [1.29, 1.82) is 0 Å². The third-order valence-electron chi connectivity index (χ3n) is 2.99. The lowest BCUT2D eigenvalue weighted by Crippen LogP contribution is -2.49. The van der Waals surface area contributed by atoms with Gasteiger partial charge in [0.1, 0.15) is 5.76 Å². The molecule has 0 amide bonds. The highest BCUT2D eigenvalue weighted by molar-refractivity contribution is 5.28. The standard InChI is InChI=1S/C10H15NO2/c1-7-2-3-13-9(7)10(6-11)4-8(12)5-10/h2-3,8,12H,4-6,11H2,1H3. The molecule has 1 aliphatic carbocycles. The second-order valence-corrected chi connectivity index (χ2v) is 3.98. The molecule has 0 spiro atoms. The topological polar surface area (TPSA) is 59.4 Å². The van der Waals surface area contributed by atoms with Crippen molar-refractivity contribution in [2.24, 2.45) is 5.73 Å². The summed E-state index contributed by atoms with van der Waals surface area (Å²) in [5.74, 6) is 0.959. The lowest BCUT2D eigenvalue weighted by molar-refractivity contribution is 0.0111. The third kappa shape index (κ3) is 1.19. The summed E-state index contributed by atoms with van der Waals surface area (Å²) in [6.45, 7) is 2.57. The zero-order chi connectivity index (χ0) is 9.47. The average Bonchev–Trinajstić information content (AvgIpc) is 2.46. The second-order valence-electron chi connectivity index (χ2n) is 3.98. The maximum absolute atomic E-state index is 9.31. The lowest BCUT2D eigenvalue weighted by atomic mass is 9.64. The van der Waals surface area contributed by atoms with Crippen LogP contribution in [0.15, 0.2) is 16.7 Å². The van der Waals surface area contributed by atoms with Crippen molar-refractivity contribution < 1.29 is 9.52 Å². The van der Waals surface area contributed by atoms with E-state index >= 15 is 0 Å². The van der Waals surface area contributed by atoms with Gasteiger partial charge in [0.15, 0.2) is 0 Å². The zero-order valence-electron chi connectivity index (χ0n) is 7.79. The average molecular weight is 181 g/mol. The van der Waals surface area contributed by atoms with Crippen molar-refractivity contribution in [2.75, 3.05) is 6.54 Å². The number of rotatable bonds is 2. The van der Waals surface area contributed by atoms with Crippen molar-refractivity contribution in [1.82, 2.24) is 0 Å². The maximum Gasteiger partial charge on any atom is 0.114 e. The summed E-state index contributed by atoms with van der Waals surface area (Å²) < 4.78 is 5.42. The maximum atomic E-state index is 9.31. The summed E-state index contributed by atoms with van der Waals surface area (Å²) in [6, 6.07) is 1.94. The number of aliphatic hydroxyl groups excluding tert-OH is 1. The van der Waals surface area contributed by atoms with Crippen LogP contribution in [0.5, 0.6) is 0 Å². The monoisotopic (exact) mass is 181 g/mol. The second kappa shape index (κ2) is 2.86. The summed E-state index contributed by atoms with van der Waals surface area (Å²) in [4.78, 5) is 0. The fourth-order valence-corrected chi connectivity index (χ4v) is 2.20. The molecule has 0 radical (unpaired) electrons. The molecule has 3 N–H and O–H groups in total. The summed E-state index contributed by atoms with van der Waals surface area (Å²) >= 11 is 0. The van der Waals surface area contributed by atoms with Crippen molar-refractivity contribution in [3.63, 3.8) is 0 Å². The minimum atomic E-state index is -0.201. The highest BCUT2D eigenvalue weighted by Crippen LogP contribution is 2.44. The first-order valence-corrected chi connectivity index (χ1v) is 4.61. The third-order valence-corrected chi connectivity index (χ3v) is 2.99. The van der Waals surface area contributed by atoms with E-state index in [2.05, 4.69) is 0 Å². The Hall–Kier alpha value is -0.800. The van der Waals surface area contributed by atoms with Crippen LogP contribution in [-0.4, -0.2) is 17.8 Å². The first-order valence-electron chi connectivity index (χ1n) is 4.61. The highest BCUT2D eigenvalue weighted by Gasteiger charge is 2.46. The molecule has 72 valence electrons. The van der Waals surface area contributed by atoms with E-state index in [1.165, 1.54) is 0 Å². The molecule has 1 fully saturated rings. The Morgan fingerprint density at radius 3 is 2.77 bits per heavy atom. The van der Waals surface area contributed by atoms with Gasteiger partial charge in [-0.25, -0.2) is 0 Å². The molecule has 1 aromatic rings. The number of hydrogen-bond donors (Lipinski definition) is 2. The van der Waals surface area contributed by atoms with E-state index in [1.807, 2.05) is 13.0 Å². The normalized spacial score (nSPS) is 33.0. The van der Waals surface area contributed by atoms with E-state index < -0.39 is 0 Å². The quantitative estimate of drug-likeness (QED) is 0.713. The van der Waals surface area contributed by atoms with Crippen LogP contribution >= 0.6 is 0 Å². The van der Waals surface area contributed by atoms with Gasteiger partial charge >= 0.3 is 0 Å². The molecule has 1 saturated carbocycles. The van der Waals surface area contributed by atoms with Crippen molar-refractivity contribution in [3.05, 3.63) is 23.7 Å². The van der Waals surface area contributed by atoms with Crippen LogP contribution in [0.1, 0.15) is 24.2 Å². The van der Waals surface area contributed by atoms with Crippen molar-refractivity contribution in [2.45, 2.75) is 31.3 Å². The van der Waals surface area contributed by atoms with E-state index in [-0.39, 0.29) is 11.5 Å². The van der Waals surface area contributed by atoms with Crippen LogP contribution in [0, 0.1) is 6.92 Å². The van der Waals surface area contributed by atoms with E-state index in [0.29, 0.717) is 6.54 Å². The van der Waals surface area contributed by atoms with E-state index in [9.17, 15) is 5.11 Å². The van der Waals surface area contributed by atoms with Crippen LogP contribution in [0.2, 0.25) is 0 Å². The fourth-order valence-electron chi connectivity index (χ4n) is 2.20. The number of aliphatic hydroxyl groups is 1. The first kappa shape index (κ1) is 8.78. The smallest absolute Gasteiger partial charge is 0.114 e. The SMILES string of the molecule is Cc1ccoc1C1(CN)CC(O)C1. The van der Waals surface area contributed by atoms with Gasteiger partial charge in [-0.3, -0.25) is 0 Å². The van der Waals surface area contributed by atoms with E-state index in [1.54, 1.807) is 6.26 Å². The number of nitrogens with two attached hydrogens (primary N) is 1.